The van der Waals surface area contributed by atoms with Crippen LogP contribution in [-0.2, 0) is 11.2 Å². The molecule has 1 amide bonds. The summed E-state index contributed by atoms with van der Waals surface area (Å²) in [6.45, 7) is 8.44. The third-order valence-corrected chi connectivity index (χ3v) is 5.60. The topological polar surface area (TPSA) is 42.0 Å². The Morgan fingerprint density at radius 3 is 2.63 bits per heavy atom. The van der Waals surface area contributed by atoms with Crippen molar-refractivity contribution in [3.8, 4) is 0 Å². The molecule has 0 radical (unpaired) electrons. The number of carbonyl (C=O) groups is 1. The lowest BCUT2D eigenvalue weighted by Gasteiger charge is -2.11. The second-order valence-corrected chi connectivity index (χ2v) is 8.03. The number of anilines is 1. The summed E-state index contributed by atoms with van der Waals surface area (Å²) in [5, 5.41) is 5.23. The number of thioether (sulfide) groups is 1. The van der Waals surface area contributed by atoms with Gasteiger partial charge in [-0.1, -0.05) is 36.8 Å². The van der Waals surface area contributed by atoms with Gasteiger partial charge in [0, 0.05) is 23.2 Å². The first-order valence-corrected chi connectivity index (χ1v) is 10.4. The summed E-state index contributed by atoms with van der Waals surface area (Å²) in [7, 11) is 0. The van der Waals surface area contributed by atoms with E-state index in [4.69, 9.17) is 4.98 Å². The summed E-state index contributed by atoms with van der Waals surface area (Å²) in [6.07, 6.45) is 1.37. The molecule has 2 aromatic carbocycles. The van der Waals surface area contributed by atoms with E-state index >= 15 is 0 Å². The van der Waals surface area contributed by atoms with Gasteiger partial charge in [0.1, 0.15) is 0 Å². The van der Waals surface area contributed by atoms with E-state index in [0.717, 1.165) is 28.2 Å². The molecule has 0 spiro atoms. The zero-order valence-corrected chi connectivity index (χ0v) is 17.2. The minimum atomic E-state index is 0.0488. The molecule has 27 heavy (non-hydrogen) atoms. The van der Waals surface area contributed by atoms with Gasteiger partial charge in [-0.15, -0.1) is 11.8 Å². The summed E-state index contributed by atoms with van der Waals surface area (Å²) in [5.74, 6) is 0.760. The molecule has 0 fully saturated rings. The van der Waals surface area contributed by atoms with Crippen LogP contribution in [0.5, 0.6) is 0 Å². The van der Waals surface area contributed by atoms with E-state index in [9.17, 15) is 4.79 Å². The number of pyridine rings is 1. The molecule has 1 heterocycles. The maximum Gasteiger partial charge on any atom is 0.225 e. The van der Waals surface area contributed by atoms with Crippen LogP contribution < -0.4 is 5.32 Å². The fourth-order valence-electron chi connectivity index (χ4n) is 3.30. The normalized spacial score (nSPS) is 11.0. The highest BCUT2D eigenvalue weighted by Crippen LogP contribution is 2.27. The number of fused-ring (bicyclic) bond motifs is 1. The highest BCUT2D eigenvalue weighted by Gasteiger charge is 2.09. The molecule has 0 saturated carbocycles. The van der Waals surface area contributed by atoms with Gasteiger partial charge in [0.15, 0.2) is 0 Å². The van der Waals surface area contributed by atoms with E-state index in [-0.39, 0.29) is 5.91 Å². The number of rotatable bonds is 6. The van der Waals surface area contributed by atoms with E-state index < -0.39 is 0 Å². The zero-order valence-electron chi connectivity index (χ0n) is 16.4. The van der Waals surface area contributed by atoms with Crippen LogP contribution in [0.15, 0.2) is 47.5 Å². The molecule has 3 rings (SSSR count). The van der Waals surface area contributed by atoms with Gasteiger partial charge in [-0.3, -0.25) is 4.79 Å². The Morgan fingerprint density at radius 2 is 1.85 bits per heavy atom. The van der Waals surface area contributed by atoms with Crippen LogP contribution in [0, 0.1) is 20.8 Å². The van der Waals surface area contributed by atoms with Crippen molar-refractivity contribution in [2.24, 2.45) is 0 Å². The number of nitrogens with zero attached hydrogens (tertiary/aromatic N) is 1. The third-order valence-electron chi connectivity index (χ3n) is 4.68. The first kappa shape index (κ1) is 19.4. The summed E-state index contributed by atoms with van der Waals surface area (Å²) in [4.78, 5) is 17.1. The second kappa shape index (κ2) is 8.57. The van der Waals surface area contributed by atoms with Crippen LogP contribution in [0.4, 0.5) is 5.69 Å². The Kier molecular flexibility index (Phi) is 6.17. The number of hydrogen-bond donors (Lipinski definition) is 1. The molecule has 140 valence electrons. The number of carbonyl (C=O) groups excluding carboxylic acids is 1. The fraction of sp³-hybridized carbons (Fsp3) is 0.304. The highest BCUT2D eigenvalue weighted by atomic mass is 32.2. The Balaban J connectivity index is 1.64. The summed E-state index contributed by atoms with van der Waals surface area (Å²) in [5.41, 5.74) is 6.83. The van der Waals surface area contributed by atoms with Crippen molar-refractivity contribution in [1.82, 2.24) is 4.98 Å². The Morgan fingerprint density at radius 1 is 1.07 bits per heavy atom. The number of amides is 1. The average Bonchev–Trinajstić information content (AvgIpc) is 2.63. The molecule has 0 bridgehead atoms. The number of hydrogen-bond acceptors (Lipinski definition) is 3. The van der Waals surface area contributed by atoms with E-state index in [1.165, 1.54) is 22.1 Å². The van der Waals surface area contributed by atoms with Gasteiger partial charge in [-0.2, -0.15) is 0 Å². The van der Waals surface area contributed by atoms with Crippen molar-refractivity contribution in [3.05, 3.63) is 64.7 Å². The summed E-state index contributed by atoms with van der Waals surface area (Å²) >= 11 is 1.64. The molecular weight excluding hydrogens is 352 g/mol. The van der Waals surface area contributed by atoms with Gasteiger partial charge in [-0.25, -0.2) is 4.98 Å². The van der Waals surface area contributed by atoms with Gasteiger partial charge in [0.25, 0.3) is 0 Å². The minimum absolute atomic E-state index is 0.0488. The molecule has 0 saturated heterocycles. The first-order chi connectivity index (χ1) is 13.0. The molecule has 0 unspecified atom stereocenters. The highest BCUT2D eigenvalue weighted by molar-refractivity contribution is 7.99. The quantitative estimate of drug-likeness (QED) is 0.548. The number of nitrogens with one attached hydrogen (secondary N) is 1. The number of benzene rings is 2. The number of aryl methyl sites for hydroxylation is 4. The summed E-state index contributed by atoms with van der Waals surface area (Å²) in [6, 6.07) is 14.5. The molecular formula is C23H26N2OS. The molecule has 0 aliphatic carbocycles. The van der Waals surface area contributed by atoms with Crippen molar-refractivity contribution in [3.63, 3.8) is 0 Å². The average molecular weight is 379 g/mol. The molecule has 1 aromatic heterocycles. The molecule has 3 nitrogen and oxygen atoms in total. The molecule has 0 aliphatic heterocycles. The lowest BCUT2D eigenvalue weighted by molar-refractivity contribution is -0.115. The van der Waals surface area contributed by atoms with Crippen LogP contribution >= 0.6 is 11.8 Å². The second-order valence-electron chi connectivity index (χ2n) is 6.91. The summed E-state index contributed by atoms with van der Waals surface area (Å²) < 4.78 is 0. The standard InChI is InChI=1S/C23H26N2OS/c1-5-18-8-6-7-9-20(18)24-21(26)10-11-27-22-14-16(3)19-13-15(2)12-17(4)23(19)25-22/h6-9,12-14H,5,10-11H2,1-4H3,(H,24,26). The predicted octanol–water partition coefficient (Wildman–Crippen LogP) is 5.84. The monoisotopic (exact) mass is 378 g/mol. The van der Waals surface area contributed by atoms with Crippen LogP contribution in [0.3, 0.4) is 0 Å². The van der Waals surface area contributed by atoms with Crippen LogP contribution in [-0.4, -0.2) is 16.6 Å². The van der Waals surface area contributed by atoms with Gasteiger partial charge in [-0.05, 0) is 62.1 Å². The van der Waals surface area contributed by atoms with Crippen molar-refractivity contribution in [1.29, 1.82) is 0 Å². The van der Waals surface area contributed by atoms with E-state index in [1.807, 2.05) is 18.2 Å². The first-order valence-electron chi connectivity index (χ1n) is 9.37. The lowest BCUT2D eigenvalue weighted by Crippen LogP contribution is -2.13. The molecule has 0 atom stereocenters. The van der Waals surface area contributed by atoms with Crippen molar-refractivity contribution in [2.45, 2.75) is 45.6 Å². The molecule has 3 aromatic rings. The SMILES string of the molecule is CCc1ccccc1NC(=O)CCSc1cc(C)c2cc(C)cc(C)c2n1. The number of aromatic nitrogens is 1. The van der Waals surface area contributed by atoms with Crippen LogP contribution in [0.25, 0.3) is 10.9 Å². The minimum Gasteiger partial charge on any atom is -0.326 e. The van der Waals surface area contributed by atoms with E-state index in [1.54, 1.807) is 11.8 Å². The molecule has 4 heteroatoms. The maximum atomic E-state index is 12.3. The Hall–Kier alpha value is -2.33. The molecule has 1 N–H and O–H groups in total. The maximum absolute atomic E-state index is 12.3. The van der Waals surface area contributed by atoms with Gasteiger partial charge in [0.2, 0.25) is 5.91 Å². The Labute approximate surface area is 165 Å². The number of para-hydroxylation sites is 1. The van der Waals surface area contributed by atoms with E-state index in [2.05, 4.69) is 57.3 Å². The van der Waals surface area contributed by atoms with Crippen molar-refractivity contribution >= 4 is 34.3 Å². The smallest absolute Gasteiger partial charge is 0.225 e. The van der Waals surface area contributed by atoms with Crippen molar-refractivity contribution < 1.29 is 4.79 Å². The van der Waals surface area contributed by atoms with Gasteiger partial charge >= 0.3 is 0 Å². The van der Waals surface area contributed by atoms with Crippen LogP contribution in [0.1, 0.15) is 35.6 Å². The van der Waals surface area contributed by atoms with Crippen LogP contribution in [0.2, 0.25) is 0 Å². The zero-order chi connectivity index (χ0) is 19.4. The Bertz CT molecular complexity index is 982. The van der Waals surface area contributed by atoms with Gasteiger partial charge < -0.3 is 5.32 Å². The fourth-order valence-corrected chi connectivity index (χ4v) is 4.21. The third kappa shape index (κ3) is 4.69. The van der Waals surface area contributed by atoms with Gasteiger partial charge in [0.05, 0.1) is 10.5 Å². The van der Waals surface area contributed by atoms with E-state index in [0.29, 0.717) is 12.2 Å². The van der Waals surface area contributed by atoms with Crippen molar-refractivity contribution in [2.75, 3.05) is 11.1 Å². The largest absolute Gasteiger partial charge is 0.326 e. The molecule has 0 aliphatic rings. The predicted molar refractivity (Wildman–Crippen MR) is 116 cm³/mol. The lowest BCUT2D eigenvalue weighted by atomic mass is 10.0.